The highest BCUT2D eigenvalue weighted by atomic mass is 16.5. The van der Waals surface area contributed by atoms with Crippen LogP contribution in [-0.2, 0) is 30.5 Å². The lowest BCUT2D eigenvalue weighted by atomic mass is 9.38. The minimum absolute atomic E-state index is 0.122. The van der Waals surface area contributed by atoms with Crippen LogP contribution < -0.4 is 0 Å². The summed E-state index contributed by atoms with van der Waals surface area (Å²) < 4.78 is 12.3. The van der Waals surface area contributed by atoms with E-state index in [1.807, 2.05) is 18.2 Å². The van der Waals surface area contributed by atoms with Gasteiger partial charge in [0.2, 0.25) is 5.90 Å². The van der Waals surface area contributed by atoms with Crippen molar-refractivity contribution in [3.05, 3.63) is 41.2 Å². The van der Waals surface area contributed by atoms with E-state index in [1.54, 1.807) is 20.0 Å². The predicted molar refractivity (Wildman–Crippen MR) is 197 cm³/mol. The van der Waals surface area contributed by atoms with Crippen molar-refractivity contribution in [2.24, 2.45) is 67.4 Å². The fourth-order valence-corrected chi connectivity index (χ4v) is 12.2. The van der Waals surface area contributed by atoms with Crippen LogP contribution in [0.2, 0.25) is 0 Å². The molecular formula is C42H59N3O6. The second-order valence-corrected chi connectivity index (χ2v) is 18.1. The molecule has 4 saturated carbocycles. The molecule has 5 aliphatic carbocycles. The molecule has 51 heavy (non-hydrogen) atoms. The maximum Gasteiger partial charge on any atom is 0.309 e. The number of Topliss-reactive ketones (excluding diaryl/α,β-unsaturated/α-hetero) is 1. The summed E-state index contributed by atoms with van der Waals surface area (Å²) in [7, 11) is 0. The third kappa shape index (κ3) is 6.60. The van der Waals surface area contributed by atoms with Crippen molar-refractivity contribution in [3.8, 4) is 0 Å². The molecule has 1 heterocycles. The molecule has 0 bridgehead atoms. The van der Waals surface area contributed by atoms with Crippen molar-refractivity contribution in [1.29, 1.82) is 0 Å². The zero-order valence-electron chi connectivity index (χ0n) is 31.9. The molecule has 1 aromatic rings. The molecule has 0 aromatic carbocycles. The minimum atomic E-state index is -1.15. The van der Waals surface area contributed by atoms with E-state index in [0.29, 0.717) is 49.0 Å². The first-order valence-corrected chi connectivity index (χ1v) is 19.3. The van der Waals surface area contributed by atoms with Gasteiger partial charge in [-0.05, 0) is 129 Å². The third-order valence-corrected chi connectivity index (χ3v) is 14.5. The summed E-state index contributed by atoms with van der Waals surface area (Å²) in [5.74, 6) is 1.61. The minimum Gasteiger partial charge on any atom is -0.481 e. The Labute approximate surface area is 304 Å². The van der Waals surface area contributed by atoms with Gasteiger partial charge in [0.15, 0.2) is 5.78 Å². The molecule has 0 amide bonds. The quantitative estimate of drug-likeness (QED) is 0.112. The summed E-state index contributed by atoms with van der Waals surface area (Å²) in [4.78, 5) is 43.0. The molecule has 9 unspecified atom stereocenters. The van der Waals surface area contributed by atoms with Crippen LogP contribution in [0.4, 0.5) is 0 Å². The van der Waals surface area contributed by atoms with E-state index in [9.17, 15) is 19.5 Å². The normalized spacial score (nSPS) is 36.5. The van der Waals surface area contributed by atoms with Gasteiger partial charge in [0.05, 0.1) is 17.5 Å². The van der Waals surface area contributed by atoms with Gasteiger partial charge in [0, 0.05) is 31.2 Å². The first-order chi connectivity index (χ1) is 24.1. The molecule has 1 N–H and O–H groups in total. The van der Waals surface area contributed by atoms with Crippen molar-refractivity contribution >= 4 is 30.3 Å². The number of hydrogen-bond donors (Lipinski definition) is 1. The number of carboxylic acids is 1. The Morgan fingerprint density at radius 2 is 1.76 bits per heavy atom. The number of esters is 1. The Kier molecular flexibility index (Phi) is 10.2. The first-order valence-electron chi connectivity index (χ1n) is 19.3. The number of carbonyl (C=O) groups excluding carboxylic acids is 2. The van der Waals surface area contributed by atoms with Gasteiger partial charge in [-0.1, -0.05) is 46.3 Å². The van der Waals surface area contributed by atoms with Crippen molar-refractivity contribution in [2.75, 3.05) is 0 Å². The fraction of sp³-hybridized carbons (Fsp3) is 0.714. The largest absolute Gasteiger partial charge is 0.481 e. The Balaban J connectivity index is 1.24. The van der Waals surface area contributed by atoms with Crippen LogP contribution in [-0.4, -0.2) is 46.5 Å². The summed E-state index contributed by atoms with van der Waals surface area (Å²) in [5.41, 5.74) is 2.05. The Hall–Kier alpha value is -3.36. The Morgan fingerprint density at radius 3 is 2.43 bits per heavy atom. The molecule has 9 atom stereocenters. The fourth-order valence-electron chi connectivity index (χ4n) is 12.2. The van der Waals surface area contributed by atoms with E-state index >= 15 is 0 Å². The average molecular weight is 702 g/mol. The molecule has 4 fully saturated rings. The van der Waals surface area contributed by atoms with Crippen LogP contribution in [0.1, 0.15) is 125 Å². The lowest BCUT2D eigenvalue weighted by Gasteiger charge is -2.67. The maximum atomic E-state index is 14.0. The average Bonchev–Trinajstić information content (AvgIpc) is 3.37. The van der Waals surface area contributed by atoms with Gasteiger partial charge in [0.1, 0.15) is 12.7 Å². The highest BCUT2D eigenvalue weighted by Crippen LogP contribution is 2.72. The number of ketones is 1. The first kappa shape index (κ1) is 37.4. The van der Waals surface area contributed by atoms with Crippen molar-refractivity contribution < 1.29 is 29.0 Å². The van der Waals surface area contributed by atoms with E-state index in [1.165, 1.54) is 5.57 Å². The number of carbonyl (C=O) groups is 3. The Bertz CT molecular complexity index is 1600. The van der Waals surface area contributed by atoms with Gasteiger partial charge in [-0.2, -0.15) is 5.10 Å². The molecule has 0 spiro atoms. The molecule has 0 aliphatic heterocycles. The molecule has 1 aromatic heterocycles. The van der Waals surface area contributed by atoms with E-state index in [2.05, 4.69) is 56.5 Å². The number of aromatic nitrogens is 1. The molecule has 6 rings (SSSR count). The number of carboxylic acid groups (broad SMARTS) is 1. The number of allylic oxidation sites excluding steroid dienone is 2. The summed E-state index contributed by atoms with van der Waals surface area (Å²) in [6.45, 7) is 18.8. The van der Waals surface area contributed by atoms with Crippen molar-refractivity contribution in [2.45, 2.75) is 132 Å². The van der Waals surface area contributed by atoms with Gasteiger partial charge < -0.3 is 14.6 Å². The maximum absolute atomic E-state index is 14.0. The molecular weight excluding hydrogens is 642 g/mol. The second-order valence-electron chi connectivity index (χ2n) is 18.1. The zero-order chi connectivity index (χ0) is 36.9. The van der Waals surface area contributed by atoms with Gasteiger partial charge in [0.25, 0.3) is 0 Å². The SMILES string of the molecule is C=N/N=C(/CC12CCC3C(CCC4C3(C)CCC3C(C)C(OC(=O)CC(C)(C)C(=O)O)CCC34C)C1=C(C(C)C)C(=O)C2)OCc1ccccn1. The topological polar surface area (TPSA) is 128 Å². The second kappa shape index (κ2) is 13.9. The molecule has 0 radical (unpaired) electrons. The number of rotatable bonds is 10. The van der Waals surface area contributed by atoms with Crippen molar-refractivity contribution in [1.82, 2.24) is 4.98 Å². The van der Waals surface area contributed by atoms with E-state index in [-0.39, 0.29) is 46.4 Å². The lowest BCUT2D eigenvalue weighted by Crippen LogP contribution is -2.60. The van der Waals surface area contributed by atoms with Gasteiger partial charge >= 0.3 is 11.9 Å². The summed E-state index contributed by atoms with van der Waals surface area (Å²) in [6, 6.07) is 5.76. The monoisotopic (exact) mass is 701 g/mol. The molecule has 278 valence electrons. The highest BCUT2D eigenvalue weighted by Gasteiger charge is 2.65. The number of aliphatic carboxylic acids is 1. The van der Waals surface area contributed by atoms with E-state index in [4.69, 9.17) is 9.47 Å². The van der Waals surface area contributed by atoms with E-state index in [0.717, 1.165) is 62.6 Å². The number of nitrogens with zero attached hydrogens (tertiary/aromatic N) is 3. The molecule has 9 nitrogen and oxygen atoms in total. The van der Waals surface area contributed by atoms with Crippen LogP contribution in [0.25, 0.3) is 0 Å². The summed E-state index contributed by atoms with van der Waals surface area (Å²) in [6.07, 6.45) is 10.7. The number of hydrogen-bond acceptors (Lipinski definition) is 8. The van der Waals surface area contributed by atoms with Gasteiger partial charge in [-0.25, -0.2) is 0 Å². The number of fused-ring (bicyclic) bond motifs is 7. The van der Waals surface area contributed by atoms with Crippen LogP contribution >= 0.6 is 0 Å². The number of pyridine rings is 1. The molecule has 5 aliphatic rings. The van der Waals surface area contributed by atoms with Gasteiger partial charge in [-0.3, -0.25) is 19.4 Å². The third-order valence-electron chi connectivity index (χ3n) is 14.5. The lowest BCUT2D eigenvalue weighted by molar-refractivity contribution is -0.192. The number of ether oxygens (including phenoxy) is 2. The van der Waals surface area contributed by atoms with Crippen LogP contribution in [0.5, 0.6) is 0 Å². The summed E-state index contributed by atoms with van der Waals surface area (Å²) >= 11 is 0. The summed E-state index contributed by atoms with van der Waals surface area (Å²) in [5, 5.41) is 17.8. The van der Waals surface area contributed by atoms with E-state index < -0.39 is 17.4 Å². The predicted octanol–water partition coefficient (Wildman–Crippen LogP) is 8.62. The molecule has 0 saturated heterocycles. The van der Waals surface area contributed by atoms with Crippen LogP contribution in [0.3, 0.4) is 0 Å². The van der Waals surface area contributed by atoms with Crippen molar-refractivity contribution in [3.63, 3.8) is 0 Å². The molecule has 9 heteroatoms. The van der Waals surface area contributed by atoms with Gasteiger partial charge in [-0.15, -0.1) is 5.10 Å². The Morgan fingerprint density at radius 1 is 1.06 bits per heavy atom. The van der Waals surface area contributed by atoms with Crippen LogP contribution in [0.15, 0.2) is 45.7 Å². The highest BCUT2D eigenvalue weighted by molar-refractivity contribution is 6.01. The smallest absolute Gasteiger partial charge is 0.309 e. The zero-order valence-corrected chi connectivity index (χ0v) is 31.9. The standard InChI is InChI=1S/C42H59N3O6/c1-25(2)36-31(46)21-42(22-34(45-43-8)50-24-27-11-9-10-20-44-27)19-15-30-28(37(36)42)12-13-33-40(6)18-16-32(26(3)29(40)14-17-41(30,33)7)51-35(47)23-39(4,5)38(48)49/h9-11,20,25-26,28-30,32-33H,8,12-19,21-24H2,1-7H3,(H,48,49)/b45-34-. The van der Waals surface area contributed by atoms with Crippen LogP contribution in [0, 0.1) is 57.2 Å².